The van der Waals surface area contributed by atoms with Gasteiger partial charge in [-0.3, -0.25) is 9.78 Å². The van der Waals surface area contributed by atoms with E-state index in [1.54, 1.807) is 0 Å². The molecule has 0 fully saturated rings. The third kappa shape index (κ3) is 4.58. The van der Waals surface area contributed by atoms with Crippen LogP contribution in [0.1, 0.15) is 57.4 Å². The highest BCUT2D eigenvalue weighted by Gasteiger charge is 2.26. The summed E-state index contributed by atoms with van der Waals surface area (Å²) >= 11 is 0. The SMILES string of the molecule is CC(C=CC1=C(C)CCCC1(C)C)=NNC(=O)c1cnccn1. The molecule has 1 heterocycles. The Morgan fingerprint density at radius 1 is 1.39 bits per heavy atom. The Morgan fingerprint density at radius 3 is 2.83 bits per heavy atom. The van der Waals surface area contributed by atoms with Gasteiger partial charge >= 0.3 is 0 Å². The number of amides is 1. The third-order valence-electron chi connectivity index (χ3n) is 4.16. The summed E-state index contributed by atoms with van der Waals surface area (Å²) in [6.07, 6.45) is 12.1. The summed E-state index contributed by atoms with van der Waals surface area (Å²) in [5, 5.41) is 4.10. The van der Waals surface area contributed by atoms with Gasteiger partial charge in [-0.05, 0) is 50.2 Å². The first-order chi connectivity index (χ1) is 10.9. The van der Waals surface area contributed by atoms with Crippen LogP contribution in [0.3, 0.4) is 0 Å². The Bertz CT molecular complexity index is 657. The van der Waals surface area contributed by atoms with Crippen LogP contribution in [0.4, 0.5) is 0 Å². The molecule has 0 bridgehead atoms. The van der Waals surface area contributed by atoms with E-state index in [0.29, 0.717) is 0 Å². The summed E-state index contributed by atoms with van der Waals surface area (Å²) in [6.45, 7) is 8.61. The molecular formula is C18H24N4O. The first-order valence-corrected chi connectivity index (χ1v) is 7.89. The Kier molecular flexibility index (Phi) is 5.42. The minimum atomic E-state index is -0.362. The fraction of sp³-hybridized carbons (Fsp3) is 0.444. The fourth-order valence-corrected chi connectivity index (χ4v) is 2.86. The van der Waals surface area contributed by atoms with Crippen molar-refractivity contribution in [3.05, 3.63) is 47.6 Å². The first kappa shape index (κ1) is 17.1. The lowest BCUT2D eigenvalue weighted by Gasteiger charge is -2.32. The van der Waals surface area contributed by atoms with Crippen molar-refractivity contribution in [2.75, 3.05) is 0 Å². The van der Waals surface area contributed by atoms with Crippen LogP contribution in [-0.4, -0.2) is 21.6 Å². The van der Waals surface area contributed by atoms with Gasteiger partial charge in [-0.25, -0.2) is 10.4 Å². The standard InChI is InChI=1S/C18H24N4O/c1-13-6-5-9-18(3,4)15(13)8-7-14(2)21-22-17(23)16-12-19-10-11-20-16/h7-8,10-12H,5-6,9H2,1-4H3,(H,22,23). The van der Waals surface area contributed by atoms with Crippen LogP contribution in [0.5, 0.6) is 0 Å². The van der Waals surface area contributed by atoms with Gasteiger partial charge in [0.25, 0.3) is 5.91 Å². The zero-order valence-corrected chi connectivity index (χ0v) is 14.3. The van der Waals surface area contributed by atoms with E-state index in [0.717, 1.165) is 12.1 Å². The number of aromatic nitrogens is 2. The van der Waals surface area contributed by atoms with E-state index >= 15 is 0 Å². The van der Waals surface area contributed by atoms with Crippen molar-refractivity contribution >= 4 is 11.6 Å². The zero-order chi connectivity index (χ0) is 16.9. The monoisotopic (exact) mass is 312 g/mol. The average Bonchev–Trinajstić information content (AvgIpc) is 2.52. The smallest absolute Gasteiger partial charge is 0.265 e. The number of allylic oxidation sites excluding steroid dienone is 4. The summed E-state index contributed by atoms with van der Waals surface area (Å²) in [5.41, 5.74) is 6.50. The summed E-state index contributed by atoms with van der Waals surface area (Å²) < 4.78 is 0. The van der Waals surface area contributed by atoms with Crippen LogP contribution in [0, 0.1) is 5.41 Å². The Balaban J connectivity index is 2.03. The maximum Gasteiger partial charge on any atom is 0.291 e. The van der Waals surface area contributed by atoms with Crippen molar-refractivity contribution < 1.29 is 4.79 Å². The molecule has 0 unspecified atom stereocenters. The first-order valence-electron chi connectivity index (χ1n) is 7.89. The highest BCUT2D eigenvalue weighted by Crippen LogP contribution is 2.40. The van der Waals surface area contributed by atoms with Gasteiger partial charge in [0.2, 0.25) is 0 Å². The highest BCUT2D eigenvalue weighted by molar-refractivity contribution is 5.96. The average molecular weight is 312 g/mol. The van der Waals surface area contributed by atoms with Crippen molar-refractivity contribution in [1.82, 2.24) is 15.4 Å². The van der Waals surface area contributed by atoms with E-state index in [4.69, 9.17) is 0 Å². The molecule has 5 heteroatoms. The quantitative estimate of drug-likeness (QED) is 0.681. The van der Waals surface area contributed by atoms with Crippen LogP contribution in [0.25, 0.3) is 0 Å². The lowest BCUT2D eigenvalue weighted by molar-refractivity contribution is 0.0949. The van der Waals surface area contributed by atoms with E-state index in [-0.39, 0.29) is 17.0 Å². The van der Waals surface area contributed by atoms with Crippen LogP contribution in [-0.2, 0) is 0 Å². The van der Waals surface area contributed by atoms with E-state index in [9.17, 15) is 4.79 Å². The minimum Gasteiger partial charge on any atom is -0.265 e. The lowest BCUT2D eigenvalue weighted by atomic mass is 9.72. The molecule has 1 aliphatic carbocycles. The number of hydrazone groups is 1. The van der Waals surface area contributed by atoms with Crippen LogP contribution < -0.4 is 5.43 Å². The fourth-order valence-electron chi connectivity index (χ4n) is 2.86. The van der Waals surface area contributed by atoms with Crippen LogP contribution >= 0.6 is 0 Å². The van der Waals surface area contributed by atoms with Gasteiger partial charge in [0.05, 0.1) is 11.9 Å². The van der Waals surface area contributed by atoms with Crippen molar-refractivity contribution in [3.8, 4) is 0 Å². The Morgan fingerprint density at radius 2 is 2.17 bits per heavy atom. The van der Waals surface area contributed by atoms with Gasteiger partial charge in [-0.15, -0.1) is 0 Å². The molecule has 5 nitrogen and oxygen atoms in total. The molecule has 1 aromatic rings. The minimum absolute atomic E-state index is 0.196. The zero-order valence-electron chi connectivity index (χ0n) is 14.3. The molecule has 1 aromatic heterocycles. The number of rotatable bonds is 4. The normalized spacial score (nSPS) is 18.3. The number of hydrogen-bond donors (Lipinski definition) is 1. The van der Waals surface area contributed by atoms with Gasteiger partial charge < -0.3 is 0 Å². The topological polar surface area (TPSA) is 67.2 Å². The molecule has 122 valence electrons. The summed E-state index contributed by atoms with van der Waals surface area (Å²) in [4.78, 5) is 19.7. The van der Waals surface area contributed by atoms with Crippen molar-refractivity contribution in [3.63, 3.8) is 0 Å². The van der Waals surface area contributed by atoms with E-state index in [1.165, 1.54) is 42.6 Å². The number of nitrogens with zero attached hydrogens (tertiary/aromatic N) is 3. The Labute approximate surface area is 137 Å². The van der Waals surface area contributed by atoms with Crippen molar-refractivity contribution in [2.45, 2.75) is 47.0 Å². The molecule has 0 saturated heterocycles. The molecule has 0 atom stereocenters. The van der Waals surface area contributed by atoms with Gasteiger partial charge in [0.15, 0.2) is 0 Å². The highest BCUT2D eigenvalue weighted by atomic mass is 16.2. The summed E-state index contributed by atoms with van der Waals surface area (Å²) in [5.74, 6) is -0.362. The van der Waals surface area contributed by atoms with Gasteiger partial charge in [0, 0.05) is 12.4 Å². The molecular weight excluding hydrogens is 288 g/mol. The summed E-state index contributed by atoms with van der Waals surface area (Å²) in [7, 11) is 0. The van der Waals surface area contributed by atoms with Gasteiger partial charge in [0.1, 0.15) is 5.69 Å². The number of nitrogens with one attached hydrogen (secondary N) is 1. The molecule has 1 N–H and O–H groups in total. The molecule has 0 spiro atoms. The van der Waals surface area contributed by atoms with Gasteiger partial charge in [-0.2, -0.15) is 5.10 Å². The molecule has 0 aliphatic heterocycles. The van der Waals surface area contributed by atoms with Crippen LogP contribution in [0.15, 0.2) is 47.0 Å². The molecule has 0 radical (unpaired) electrons. The van der Waals surface area contributed by atoms with Crippen molar-refractivity contribution in [2.24, 2.45) is 10.5 Å². The molecule has 1 amide bonds. The molecule has 0 saturated carbocycles. The van der Waals surface area contributed by atoms with Crippen LogP contribution in [0.2, 0.25) is 0 Å². The second kappa shape index (κ2) is 7.31. The predicted octanol–water partition coefficient (Wildman–Crippen LogP) is 3.67. The van der Waals surface area contributed by atoms with Crippen molar-refractivity contribution in [1.29, 1.82) is 0 Å². The molecule has 2 rings (SSSR count). The lowest BCUT2D eigenvalue weighted by Crippen LogP contribution is -2.20. The van der Waals surface area contributed by atoms with E-state index in [2.05, 4.69) is 47.3 Å². The largest absolute Gasteiger partial charge is 0.291 e. The molecule has 0 aromatic carbocycles. The maximum atomic E-state index is 11.9. The third-order valence-corrected chi connectivity index (χ3v) is 4.16. The second-order valence-electron chi connectivity index (χ2n) is 6.55. The number of carbonyl (C=O) groups excluding carboxylic acids is 1. The van der Waals surface area contributed by atoms with E-state index < -0.39 is 0 Å². The molecule has 1 aliphatic rings. The summed E-state index contributed by atoms with van der Waals surface area (Å²) in [6, 6.07) is 0. The predicted molar refractivity (Wildman–Crippen MR) is 92.1 cm³/mol. The second-order valence-corrected chi connectivity index (χ2v) is 6.55. The Hall–Kier alpha value is -2.30. The number of hydrogen-bond acceptors (Lipinski definition) is 4. The van der Waals surface area contributed by atoms with E-state index in [1.807, 2.05) is 13.0 Å². The maximum absolute atomic E-state index is 11.9. The molecule has 23 heavy (non-hydrogen) atoms. The van der Waals surface area contributed by atoms with Gasteiger partial charge in [-0.1, -0.05) is 25.5 Å². The number of carbonyl (C=O) groups is 1.